The minimum atomic E-state index is -0.701. The van der Waals surface area contributed by atoms with Gasteiger partial charge in [0.1, 0.15) is 11.6 Å². The van der Waals surface area contributed by atoms with E-state index in [2.05, 4.69) is 26.2 Å². The number of fused-ring (bicyclic) bond motifs is 2. The smallest absolute Gasteiger partial charge is 0.277 e. The van der Waals surface area contributed by atoms with Gasteiger partial charge in [-0.05, 0) is 50.1 Å². The molecular weight excluding hydrogens is 474 g/mol. The number of hydrogen-bond donors (Lipinski definition) is 0. The summed E-state index contributed by atoms with van der Waals surface area (Å²) in [6.07, 6.45) is 3.87. The van der Waals surface area contributed by atoms with Gasteiger partial charge in [0, 0.05) is 16.9 Å². The van der Waals surface area contributed by atoms with Gasteiger partial charge in [-0.25, -0.2) is 4.68 Å². The fourth-order valence-electron chi connectivity index (χ4n) is 4.33. The molecule has 166 valence electrons. The summed E-state index contributed by atoms with van der Waals surface area (Å²) >= 11 is 3.46. The maximum absolute atomic E-state index is 12.8. The minimum Gasteiger partial charge on any atom is -0.342 e. The molecule has 3 heterocycles. The van der Waals surface area contributed by atoms with E-state index in [0.29, 0.717) is 23.9 Å². The molecule has 2 aliphatic rings. The first kappa shape index (κ1) is 21.5. The SMILES string of the molecule is CC1(C)O[C@@H]2O[C@@H](/C=C/c3ccc(Br)cc3)[C@H](CCn3nnc4ccccc4c3=O)[C@@H]2O1. The highest BCUT2D eigenvalue weighted by Crippen LogP contribution is 2.42. The summed E-state index contributed by atoms with van der Waals surface area (Å²) in [7, 11) is 0. The first-order chi connectivity index (χ1) is 15.4. The van der Waals surface area contributed by atoms with Crippen LogP contribution in [0.3, 0.4) is 0 Å². The largest absolute Gasteiger partial charge is 0.342 e. The van der Waals surface area contributed by atoms with Crippen molar-refractivity contribution in [3.05, 3.63) is 75.0 Å². The third kappa shape index (κ3) is 4.28. The lowest BCUT2D eigenvalue weighted by atomic mass is 9.94. The molecule has 0 N–H and O–H groups in total. The Bertz CT molecular complexity index is 1210. The van der Waals surface area contributed by atoms with Crippen LogP contribution in [0.4, 0.5) is 0 Å². The number of aryl methyl sites for hydroxylation is 1. The normalized spacial score (nSPS) is 26.7. The Morgan fingerprint density at radius 2 is 1.91 bits per heavy atom. The van der Waals surface area contributed by atoms with Gasteiger partial charge in [-0.3, -0.25) is 4.79 Å². The highest BCUT2D eigenvalue weighted by atomic mass is 79.9. The summed E-state index contributed by atoms with van der Waals surface area (Å²) in [4.78, 5) is 12.8. The molecule has 0 bridgehead atoms. The van der Waals surface area contributed by atoms with Gasteiger partial charge in [-0.2, -0.15) is 0 Å². The number of halogens is 1. The zero-order valence-corrected chi connectivity index (χ0v) is 19.4. The van der Waals surface area contributed by atoms with Crippen LogP contribution in [0.15, 0.2) is 63.9 Å². The fourth-order valence-corrected chi connectivity index (χ4v) is 4.60. The predicted molar refractivity (Wildman–Crippen MR) is 124 cm³/mol. The van der Waals surface area contributed by atoms with Gasteiger partial charge in [0.15, 0.2) is 12.1 Å². The zero-order valence-electron chi connectivity index (χ0n) is 17.8. The van der Waals surface area contributed by atoms with Crippen LogP contribution in [-0.2, 0) is 20.8 Å². The van der Waals surface area contributed by atoms with Crippen molar-refractivity contribution >= 4 is 32.9 Å². The molecule has 32 heavy (non-hydrogen) atoms. The Hall–Kier alpha value is -2.39. The molecule has 0 spiro atoms. The number of rotatable bonds is 5. The van der Waals surface area contributed by atoms with Crippen molar-refractivity contribution in [2.45, 2.75) is 51.1 Å². The number of aromatic nitrogens is 3. The van der Waals surface area contributed by atoms with Gasteiger partial charge in [0.25, 0.3) is 5.56 Å². The van der Waals surface area contributed by atoms with Crippen LogP contribution in [0, 0.1) is 5.92 Å². The molecular formula is C24H24BrN3O4. The van der Waals surface area contributed by atoms with E-state index in [9.17, 15) is 4.79 Å². The first-order valence-electron chi connectivity index (χ1n) is 10.7. The Balaban J connectivity index is 1.37. The van der Waals surface area contributed by atoms with Gasteiger partial charge < -0.3 is 14.2 Å². The zero-order chi connectivity index (χ0) is 22.3. The molecule has 4 atom stereocenters. The molecule has 8 heteroatoms. The second-order valence-electron chi connectivity index (χ2n) is 8.57. The van der Waals surface area contributed by atoms with E-state index in [1.165, 1.54) is 4.68 Å². The molecule has 3 aromatic rings. The van der Waals surface area contributed by atoms with Crippen LogP contribution in [0.25, 0.3) is 17.0 Å². The Kier molecular flexibility index (Phi) is 5.71. The van der Waals surface area contributed by atoms with E-state index in [0.717, 1.165) is 10.0 Å². The van der Waals surface area contributed by atoms with Crippen molar-refractivity contribution in [1.82, 2.24) is 15.0 Å². The van der Waals surface area contributed by atoms with Crippen molar-refractivity contribution in [1.29, 1.82) is 0 Å². The van der Waals surface area contributed by atoms with Crippen LogP contribution >= 0.6 is 15.9 Å². The van der Waals surface area contributed by atoms with Crippen LogP contribution in [0.5, 0.6) is 0 Å². The number of nitrogens with zero attached hydrogens (tertiary/aromatic N) is 3. The van der Waals surface area contributed by atoms with Crippen LogP contribution in [-0.4, -0.2) is 39.3 Å². The van der Waals surface area contributed by atoms with E-state index in [-0.39, 0.29) is 23.7 Å². The lowest BCUT2D eigenvalue weighted by molar-refractivity contribution is -0.205. The predicted octanol–water partition coefficient (Wildman–Crippen LogP) is 4.15. The van der Waals surface area contributed by atoms with Crippen molar-refractivity contribution in [2.75, 3.05) is 0 Å². The maximum atomic E-state index is 12.8. The van der Waals surface area contributed by atoms with Crippen molar-refractivity contribution < 1.29 is 14.2 Å². The summed E-state index contributed by atoms with van der Waals surface area (Å²) in [5, 5.41) is 8.88. The minimum absolute atomic E-state index is 0.00800. The summed E-state index contributed by atoms with van der Waals surface area (Å²) < 4.78 is 20.8. The van der Waals surface area contributed by atoms with Gasteiger partial charge in [-0.1, -0.05) is 57.6 Å². The fraction of sp³-hybridized carbons (Fsp3) is 0.375. The third-order valence-corrected chi connectivity index (χ3v) is 6.40. The van der Waals surface area contributed by atoms with Crippen LogP contribution in [0.2, 0.25) is 0 Å². The molecule has 0 amide bonds. The van der Waals surface area contributed by atoms with Crippen molar-refractivity contribution in [3.8, 4) is 0 Å². The van der Waals surface area contributed by atoms with Gasteiger partial charge >= 0.3 is 0 Å². The molecule has 0 aliphatic carbocycles. The standard InChI is InChI=1S/C24H24BrN3O4/c1-24(2)31-21-18(13-14-28-22(29)17-5-3-4-6-19(17)26-27-28)20(30-23(21)32-24)12-9-15-7-10-16(25)11-8-15/h3-12,18,20-21,23H,13-14H2,1-2H3/b12-9+/t18-,20-,21-,23-/m0/s1. The molecule has 7 nitrogen and oxygen atoms in total. The van der Waals surface area contributed by atoms with Crippen LogP contribution < -0.4 is 5.56 Å². The van der Waals surface area contributed by atoms with Crippen LogP contribution in [0.1, 0.15) is 25.8 Å². The number of ether oxygens (including phenoxy) is 3. The average Bonchev–Trinajstić information content (AvgIpc) is 3.24. The van der Waals surface area contributed by atoms with E-state index in [1.807, 2.05) is 62.4 Å². The molecule has 1 aromatic heterocycles. The van der Waals surface area contributed by atoms with E-state index in [4.69, 9.17) is 14.2 Å². The first-order valence-corrected chi connectivity index (χ1v) is 11.5. The molecule has 2 fully saturated rings. The van der Waals surface area contributed by atoms with Crippen molar-refractivity contribution in [2.24, 2.45) is 5.92 Å². The molecule has 0 unspecified atom stereocenters. The van der Waals surface area contributed by atoms with Gasteiger partial charge in [-0.15, -0.1) is 5.10 Å². The third-order valence-electron chi connectivity index (χ3n) is 5.88. The van der Waals surface area contributed by atoms with E-state index in [1.54, 1.807) is 12.1 Å². The lowest BCUT2D eigenvalue weighted by Crippen LogP contribution is -2.32. The molecule has 0 radical (unpaired) electrons. The van der Waals surface area contributed by atoms with E-state index >= 15 is 0 Å². The Morgan fingerprint density at radius 3 is 2.72 bits per heavy atom. The molecule has 2 saturated heterocycles. The second-order valence-corrected chi connectivity index (χ2v) is 9.48. The quantitative estimate of drug-likeness (QED) is 0.526. The summed E-state index contributed by atoms with van der Waals surface area (Å²) in [6, 6.07) is 15.3. The van der Waals surface area contributed by atoms with Gasteiger partial charge in [0.05, 0.1) is 11.5 Å². The van der Waals surface area contributed by atoms with Gasteiger partial charge in [0.2, 0.25) is 0 Å². The molecule has 2 aliphatic heterocycles. The lowest BCUT2D eigenvalue weighted by Gasteiger charge is -2.24. The number of hydrogen-bond acceptors (Lipinski definition) is 6. The summed E-state index contributed by atoms with van der Waals surface area (Å²) in [6.45, 7) is 4.19. The Labute approximate surface area is 194 Å². The Morgan fingerprint density at radius 1 is 1.12 bits per heavy atom. The second kappa shape index (κ2) is 8.51. The topological polar surface area (TPSA) is 75.5 Å². The summed E-state index contributed by atoms with van der Waals surface area (Å²) in [5.74, 6) is -0.693. The summed E-state index contributed by atoms with van der Waals surface area (Å²) in [5.41, 5.74) is 1.53. The maximum Gasteiger partial charge on any atom is 0.277 e. The highest BCUT2D eigenvalue weighted by Gasteiger charge is 2.53. The molecule has 0 saturated carbocycles. The average molecular weight is 498 g/mol. The highest BCUT2D eigenvalue weighted by molar-refractivity contribution is 9.10. The molecule has 2 aromatic carbocycles. The number of benzene rings is 2. The monoisotopic (exact) mass is 497 g/mol. The van der Waals surface area contributed by atoms with Crippen molar-refractivity contribution in [3.63, 3.8) is 0 Å². The van der Waals surface area contributed by atoms with E-state index < -0.39 is 12.1 Å². The molecule has 5 rings (SSSR count).